The fourth-order valence-corrected chi connectivity index (χ4v) is 1.95. The third kappa shape index (κ3) is 2.37. The summed E-state index contributed by atoms with van der Waals surface area (Å²) in [5.74, 6) is -0.833. The van der Waals surface area contributed by atoms with E-state index in [0.29, 0.717) is 5.69 Å². The number of pyridine rings is 1. The quantitative estimate of drug-likeness (QED) is 0.758. The van der Waals surface area contributed by atoms with Crippen molar-refractivity contribution in [1.29, 1.82) is 0 Å². The highest BCUT2D eigenvalue weighted by Crippen LogP contribution is 2.18. The first-order valence-electron chi connectivity index (χ1n) is 5.37. The number of nitrogens with zero attached hydrogens (tertiary/aromatic N) is 2. The van der Waals surface area contributed by atoms with E-state index in [0.717, 1.165) is 26.2 Å². The average Bonchev–Trinajstić information content (AvgIpc) is 2.31. The highest BCUT2D eigenvalue weighted by Gasteiger charge is 2.29. The van der Waals surface area contributed by atoms with Crippen LogP contribution in [-0.2, 0) is 4.79 Å². The van der Waals surface area contributed by atoms with Gasteiger partial charge >= 0.3 is 5.97 Å². The van der Waals surface area contributed by atoms with E-state index in [9.17, 15) is 9.90 Å². The average molecular weight is 221 g/mol. The van der Waals surface area contributed by atoms with E-state index in [1.165, 1.54) is 0 Å². The Kier molecular flexibility index (Phi) is 3.48. The molecule has 2 rings (SSSR count). The molecule has 5 nitrogen and oxygen atoms in total. The van der Waals surface area contributed by atoms with Crippen LogP contribution in [0.5, 0.6) is 0 Å². The summed E-state index contributed by atoms with van der Waals surface area (Å²) in [6, 6.07) is 4.75. The second kappa shape index (κ2) is 5.05. The minimum absolute atomic E-state index is 0.608. The van der Waals surface area contributed by atoms with Crippen LogP contribution in [0.1, 0.15) is 11.7 Å². The molecular weight excluding hydrogens is 206 g/mol. The van der Waals surface area contributed by atoms with Crippen LogP contribution in [0.3, 0.4) is 0 Å². The van der Waals surface area contributed by atoms with Gasteiger partial charge in [-0.1, -0.05) is 6.07 Å². The van der Waals surface area contributed by atoms with Gasteiger partial charge in [0.1, 0.15) is 0 Å². The summed E-state index contributed by atoms with van der Waals surface area (Å²) in [5, 5.41) is 12.5. The normalized spacial score (nSPS) is 19.2. The molecule has 1 atom stereocenters. The molecule has 86 valence electrons. The van der Waals surface area contributed by atoms with Crippen molar-refractivity contribution >= 4 is 5.97 Å². The lowest BCUT2D eigenvalue weighted by molar-refractivity contribution is -0.144. The van der Waals surface area contributed by atoms with Crippen molar-refractivity contribution in [2.45, 2.75) is 6.04 Å². The van der Waals surface area contributed by atoms with Crippen LogP contribution < -0.4 is 5.32 Å². The monoisotopic (exact) mass is 221 g/mol. The topological polar surface area (TPSA) is 65.5 Å². The van der Waals surface area contributed by atoms with Gasteiger partial charge in [0.25, 0.3) is 0 Å². The lowest BCUT2D eigenvalue weighted by Crippen LogP contribution is -2.47. The Hall–Kier alpha value is -1.46. The van der Waals surface area contributed by atoms with Crippen LogP contribution in [0, 0.1) is 0 Å². The number of carboxylic acids is 1. The molecular formula is C11H15N3O2. The number of aliphatic carboxylic acids is 1. The third-order valence-electron chi connectivity index (χ3n) is 2.72. The van der Waals surface area contributed by atoms with Gasteiger partial charge in [-0.15, -0.1) is 0 Å². The first-order chi connectivity index (χ1) is 7.79. The van der Waals surface area contributed by atoms with Crippen LogP contribution >= 0.6 is 0 Å². The number of carbonyl (C=O) groups is 1. The first kappa shape index (κ1) is 11.0. The van der Waals surface area contributed by atoms with Crippen molar-refractivity contribution in [3.63, 3.8) is 0 Å². The van der Waals surface area contributed by atoms with E-state index < -0.39 is 12.0 Å². The Morgan fingerprint density at radius 3 is 2.75 bits per heavy atom. The maximum Gasteiger partial charge on any atom is 0.327 e. The minimum Gasteiger partial charge on any atom is -0.480 e. The molecule has 1 unspecified atom stereocenters. The fourth-order valence-electron chi connectivity index (χ4n) is 1.95. The Morgan fingerprint density at radius 1 is 1.44 bits per heavy atom. The molecule has 1 aromatic heterocycles. The van der Waals surface area contributed by atoms with Gasteiger partial charge in [0.15, 0.2) is 6.04 Å². The standard InChI is InChI=1S/C11H15N3O2/c15-11(16)10(9-3-1-2-4-13-9)14-7-5-12-6-8-14/h1-4,10,12H,5-8H2,(H,15,16). The molecule has 1 aromatic rings. The Balaban J connectivity index is 2.20. The van der Waals surface area contributed by atoms with Crippen molar-refractivity contribution < 1.29 is 9.90 Å². The molecule has 16 heavy (non-hydrogen) atoms. The van der Waals surface area contributed by atoms with Crippen LogP contribution in [0.25, 0.3) is 0 Å². The van der Waals surface area contributed by atoms with Crippen LogP contribution in [0.4, 0.5) is 0 Å². The van der Waals surface area contributed by atoms with Gasteiger partial charge < -0.3 is 10.4 Å². The maximum atomic E-state index is 11.3. The van der Waals surface area contributed by atoms with E-state index in [-0.39, 0.29) is 0 Å². The minimum atomic E-state index is -0.833. The van der Waals surface area contributed by atoms with Crippen molar-refractivity contribution in [1.82, 2.24) is 15.2 Å². The number of nitrogens with one attached hydrogen (secondary N) is 1. The molecule has 1 fully saturated rings. The Bertz CT molecular complexity index is 350. The zero-order valence-corrected chi connectivity index (χ0v) is 8.97. The molecule has 0 aliphatic carbocycles. The van der Waals surface area contributed by atoms with E-state index in [4.69, 9.17) is 0 Å². The summed E-state index contributed by atoms with van der Waals surface area (Å²) in [6.45, 7) is 3.15. The highest BCUT2D eigenvalue weighted by molar-refractivity contribution is 5.74. The molecule has 0 amide bonds. The number of hydrogen-bond donors (Lipinski definition) is 2. The van der Waals surface area contributed by atoms with E-state index >= 15 is 0 Å². The van der Waals surface area contributed by atoms with Gasteiger partial charge in [-0.3, -0.25) is 14.7 Å². The predicted molar refractivity (Wildman–Crippen MR) is 59.1 cm³/mol. The zero-order chi connectivity index (χ0) is 11.4. The summed E-state index contributed by atoms with van der Waals surface area (Å²) in [6.07, 6.45) is 1.63. The smallest absolute Gasteiger partial charge is 0.327 e. The highest BCUT2D eigenvalue weighted by atomic mass is 16.4. The van der Waals surface area contributed by atoms with E-state index in [1.807, 2.05) is 11.0 Å². The number of piperazine rings is 1. The molecule has 2 N–H and O–H groups in total. The maximum absolute atomic E-state index is 11.3. The first-order valence-corrected chi connectivity index (χ1v) is 5.37. The summed E-state index contributed by atoms with van der Waals surface area (Å²) in [7, 11) is 0. The van der Waals surface area contributed by atoms with E-state index in [1.54, 1.807) is 18.3 Å². The number of aromatic nitrogens is 1. The van der Waals surface area contributed by atoms with Crippen molar-refractivity contribution in [3.8, 4) is 0 Å². The second-order valence-electron chi connectivity index (χ2n) is 3.78. The number of carboxylic acid groups (broad SMARTS) is 1. The summed E-state index contributed by atoms with van der Waals surface area (Å²) in [5.41, 5.74) is 0.608. The second-order valence-corrected chi connectivity index (χ2v) is 3.78. The SMILES string of the molecule is O=C(O)C(c1ccccn1)N1CCNCC1. The molecule has 0 spiro atoms. The van der Waals surface area contributed by atoms with E-state index in [2.05, 4.69) is 10.3 Å². The Morgan fingerprint density at radius 2 is 2.19 bits per heavy atom. The molecule has 1 aliphatic rings. The van der Waals surface area contributed by atoms with Crippen LogP contribution in [0.2, 0.25) is 0 Å². The summed E-state index contributed by atoms with van der Waals surface area (Å²) < 4.78 is 0. The van der Waals surface area contributed by atoms with Crippen molar-refractivity contribution in [3.05, 3.63) is 30.1 Å². The summed E-state index contributed by atoms with van der Waals surface area (Å²) in [4.78, 5) is 17.4. The predicted octanol–water partition coefficient (Wildman–Crippen LogP) is 0.113. The molecule has 2 heterocycles. The fraction of sp³-hybridized carbons (Fsp3) is 0.455. The van der Waals surface area contributed by atoms with Gasteiger partial charge in [0.2, 0.25) is 0 Å². The largest absolute Gasteiger partial charge is 0.480 e. The summed E-state index contributed by atoms with van der Waals surface area (Å²) >= 11 is 0. The van der Waals surface area contributed by atoms with Gasteiger partial charge in [0.05, 0.1) is 5.69 Å². The zero-order valence-electron chi connectivity index (χ0n) is 8.97. The van der Waals surface area contributed by atoms with Gasteiger partial charge in [-0.2, -0.15) is 0 Å². The number of hydrogen-bond acceptors (Lipinski definition) is 4. The van der Waals surface area contributed by atoms with Crippen molar-refractivity contribution in [2.75, 3.05) is 26.2 Å². The Labute approximate surface area is 94.1 Å². The lowest BCUT2D eigenvalue weighted by Gasteiger charge is -2.31. The molecule has 0 aromatic carbocycles. The van der Waals surface area contributed by atoms with Gasteiger partial charge in [0, 0.05) is 32.4 Å². The molecule has 1 aliphatic heterocycles. The molecule has 1 saturated heterocycles. The van der Waals surface area contributed by atoms with Gasteiger partial charge in [-0.25, -0.2) is 0 Å². The molecule has 0 bridgehead atoms. The number of rotatable bonds is 3. The molecule has 0 radical (unpaired) electrons. The lowest BCUT2D eigenvalue weighted by atomic mass is 10.1. The molecule has 0 saturated carbocycles. The van der Waals surface area contributed by atoms with Crippen LogP contribution in [-0.4, -0.2) is 47.1 Å². The van der Waals surface area contributed by atoms with Crippen molar-refractivity contribution in [2.24, 2.45) is 0 Å². The van der Waals surface area contributed by atoms with Crippen LogP contribution in [0.15, 0.2) is 24.4 Å². The molecule has 5 heteroatoms. The third-order valence-corrected chi connectivity index (χ3v) is 2.72. The van der Waals surface area contributed by atoms with Gasteiger partial charge in [-0.05, 0) is 12.1 Å².